The molecule has 1 atom stereocenters. The molecule has 1 N–H and O–H groups in total. The number of rotatable bonds is 7. The van der Waals surface area contributed by atoms with E-state index in [9.17, 15) is 9.59 Å². The van der Waals surface area contributed by atoms with E-state index in [1.165, 1.54) is 16.3 Å². The molecule has 3 aromatic rings. The Kier molecular flexibility index (Phi) is 7.18. The first-order chi connectivity index (χ1) is 13.9. The molecule has 1 unspecified atom stereocenters. The molecular weight excluding hydrogens is 433 g/mol. The molecule has 0 saturated heterocycles. The number of hydrogen-bond acceptors (Lipinski definition) is 5. The van der Waals surface area contributed by atoms with E-state index < -0.39 is 5.25 Å². The molecule has 1 aromatic heterocycles. The number of hydrogen-bond donors (Lipinski definition) is 1. The second-order valence-corrected chi connectivity index (χ2v) is 8.45. The number of ether oxygens (including phenoxy) is 1. The molecule has 0 aliphatic heterocycles. The third kappa shape index (κ3) is 5.30. The number of methoxy groups -OCH3 is 1. The molecule has 9 heteroatoms. The Morgan fingerprint density at radius 3 is 2.72 bits per heavy atom. The molecule has 152 valence electrons. The molecule has 6 nitrogen and oxygen atoms in total. The first-order valence-corrected chi connectivity index (χ1v) is 10.4. The highest BCUT2D eigenvalue weighted by molar-refractivity contribution is 8.00. The molecule has 0 radical (unpaired) electrons. The predicted molar refractivity (Wildman–Crippen MR) is 118 cm³/mol. The normalized spacial score (nSPS) is 12.1. The molecule has 1 heterocycles. The van der Waals surface area contributed by atoms with Gasteiger partial charge < -0.3 is 10.1 Å². The number of aromatic nitrogens is 2. The van der Waals surface area contributed by atoms with E-state index in [1.54, 1.807) is 56.5 Å². The lowest BCUT2D eigenvalue weighted by Crippen LogP contribution is -2.28. The van der Waals surface area contributed by atoms with Crippen LogP contribution in [0.2, 0.25) is 10.0 Å². The number of halogens is 2. The Hall–Kier alpha value is -2.06. The number of benzene rings is 2. The summed E-state index contributed by atoms with van der Waals surface area (Å²) in [5.41, 5.74) is 0.889. The fraction of sp³-hybridized carbons (Fsp3) is 0.250. The average molecular weight is 452 g/mol. The van der Waals surface area contributed by atoms with Gasteiger partial charge in [0, 0.05) is 22.8 Å². The number of carbonyl (C=O) groups is 1. The third-order valence-electron chi connectivity index (χ3n) is 4.14. The highest BCUT2D eigenvalue weighted by Gasteiger charge is 2.20. The van der Waals surface area contributed by atoms with Crippen LogP contribution in [-0.4, -0.2) is 34.4 Å². The standard InChI is InChI=1S/C20H19Cl2N3O3S/c1-12(18(26)23-15-5-3-4-13(21)10-15)29-20-24-17-11-14(22)6-7-16(17)19(27)25(20)8-9-28-2/h3-7,10-12H,8-9H2,1-2H3,(H,23,26). The second kappa shape index (κ2) is 9.63. The maximum absolute atomic E-state index is 12.9. The van der Waals surface area contributed by atoms with Crippen LogP contribution >= 0.6 is 35.0 Å². The minimum absolute atomic E-state index is 0.200. The molecule has 1 amide bonds. The van der Waals surface area contributed by atoms with E-state index in [2.05, 4.69) is 10.3 Å². The number of carbonyl (C=O) groups excluding carboxylic acids is 1. The van der Waals surface area contributed by atoms with Crippen LogP contribution < -0.4 is 10.9 Å². The van der Waals surface area contributed by atoms with Gasteiger partial charge in [-0.2, -0.15) is 0 Å². The smallest absolute Gasteiger partial charge is 0.262 e. The van der Waals surface area contributed by atoms with E-state index in [0.29, 0.717) is 44.9 Å². The molecule has 0 aliphatic carbocycles. The second-order valence-electron chi connectivity index (χ2n) is 6.27. The van der Waals surface area contributed by atoms with Crippen molar-refractivity contribution in [3.8, 4) is 0 Å². The van der Waals surface area contributed by atoms with Crippen molar-refractivity contribution in [1.29, 1.82) is 0 Å². The Labute approximate surface area is 182 Å². The van der Waals surface area contributed by atoms with Crippen LogP contribution in [0, 0.1) is 0 Å². The van der Waals surface area contributed by atoms with Crippen molar-refractivity contribution in [3.63, 3.8) is 0 Å². The summed E-state index contributed by atoms with van der Waals surface area (Å²) in [5.74, 6) is -0.226. The van der Waals surface area contributed by atoms with Gasteiger partial charge in [-0.05, 0) is 43.3 Å². The summed E-state index contributed by atoms with van der Waals surface area (Å²) in [6.45, 7) is 2.42. The maximum atomic E-state index is 12.9. The van der Waals surface area contributed by atoms with Crippen molar-refractivity contribution in [1.82, 2.24) is 9.55 Å². The van der Waals surface area contributed by atoms with Crippen LogP contribution in [0.1, 0.15) is 6.92 Å². The zero-order chi connectivity index (χ0) is 21.0. The van der Waals surface area contributed by atoms with Gasteiger partial charge in [0.2, 0.25) is 5.91 Å². The summed E-state index contributed by atoms with van der Waals surface area (Å²) < 4.78 is 6.64. The van der Waals surface area contributed by atoms with E-state index in [1.807, 2.05) is 0 Å². The monoisotopic (exact) mass is 451 g/mol. The average Bonchev–Trinajstić information content (AvgIpc) is 2.67. The molecule has 29 heavy (non-hydrogen) atoms. The number of thioether (sulfide) groups is 1. The van der Waals surface area contributed by atoms with Crippen molar-refractivity contribution < 1.29 is 9.53 Å². The van der Waals surface area contributed by atoms with Crippen LogP contribution in [0.25, 0.3) is 10.9 Å². The van der Waals surface area contributed by atoms with Crippen LogP contribution in [0.4, 0.5) is 5.69 Å². The Morgan fingerprint density at radius 1 is 1.24 bits per heavy atom. The highest BCUT2D eigenvalue weighted by atomic mass is 35.5. The van der Waals surface area contributed by atoms with Gasteiger partial charge >= 0.3 is 0 Å². The van der Waals surface area contributed by atoms with Gasteiger partial charge in [-0.3, -0.25) is 14.2 Å². The summed E-state index contributed by atoms with van der Waals surface area (Å²) in [5, 5.41) is 4.22. The molecule has 0 spiro atoms. The zero-order valence-electron chi connectivity index (χ0n) is 15.8. The fourth-order valence-electron chi connectivity index (χ4n) is 2.67. The minimum Gasteiger partial charge on any atom is -0.383 e. The quantitative estimate of drug-likeness (QED) is 0.423. The number of anilines is 1. The molecule has 3 rings (SSSR count). The SMILES string of the molecule is COCCn1c(SC(C)C(=O)Nc2cccc(Cl)c2)nc2cc(Cl)ccc2c1=O. The lowest BCUT2D eigenvalue weighted by Gasteiger charge is -2.16. The largest absolute Gasteiger partial charge is 0.383 e. The van der Waals surface area contributed by atoms with Crippen LogP contribution in [0.3, 0.4) is 0 Å². The zero-order valence-corrected chi connectivity index (χ0v) is 18.1. The minimum atomic E-state index is -0.508. The van der Waals surface area contributed by atoms with Crippen molar-refractivity contribution in [2.24, 2.45) is 0 Å². The van der Waals surface area contributed by atoms with E-state index in [-0.39, 0.29) is 11.5 Å². The van der Waals surface area contributed by atoms with Gasteiger partial charge in [-0.15, -0.1) is 0 Å². The fourth-order valence-corrected chi connectivity index (χ4v) is 3.96. The van der Waals surface area contributed by atoms with Crippen molar-refractivity contribution in [2.45, 2.75) is 23.9 Å². The molecule has 0 saturated carbocycles. The number of nitrogens with one attached hydrogen (secondary N) is 1. The number of nitrogens with zero attached hydrogens (tertiary/aromatic N) is 2. The Bertz CT molecular complexity index is 1100. The van der Waals surface area contributed by atoms with Crippen LogP contribution in [0.15, 0.2) is 52.4 Å². The molecular formula is C20H19Cl2N3O3S. The molecule has 2 aromatic carbocycles. The predicted octanol–water partition coefficient (Wildman–Crippen LogP) is 4.47. The van der Waals surface area contributed by atoms with E-state index in [4.69, 9.17) is 27.9 Å². The summed E-state index contributed by atoms with van der Waals surface area (Å²) in [4.78, 5) is 30.1. The highest BCUT2D eigenvalue weighted by Crippen LogP contribution is 2.25. The number of amides is 1. The van der Waals surface area contributed by atoms with Gasteiger partial charge in [0.05, 0.1) is 29.3 Å². The van der Waals surface area contributed by atoms with Gasteiger partial charge in [-0.1, -0.05) is 41.0 Å². The molecule has 0 aliphatic rings. The van der Waals surface area contributed by atoms with Crippen molar-refractivity contribution in [2.75, 3.05) is 19.0 Å². The summed E-state index contributed by atoms with van der Waals surface area (Å²) in [6, 6.07) is 11.9. The van der Waals surface area contributed by atoms with Crippen LogP contribution in [0.5, 0.6) is 0 Å². The van der Waals surface area contributed by atoms with E-state index in [0.717, 1.165) is 0 Å². The summed E-state index contributed by atoms with van der Waals surface area (Å²) in [7, 11) is 1.56. The van der Waals surface area contributed by atoms with Gasteiger partial charge in [0.1, 0.15) is 0 Å². The molecule has 0 bridgehead atoms. The van der Waals surface area contributed by atoms with Crippen LogP contribution in [-0.2, 0) is 16.1 Å². The Balaban J connectivity index is 1.90. The van der Waals surface area contributed by atoms with Gasteiger partial charge in [0.15, 0.2) is 5.16 Å². The first-order valence-electron chi connectivity index (χ1n) is 8.81. The maximum Gasteiger partial charge on any atom is 0.262 e. The molecule has 0 fully saturated rings. The number of fused-ring (bicyclic) bond motifs is 1. The van der Waals surface area contributed by atoms with Crippen molar-refractivity contribution in [3.05, 3.63) is 62.9 Å². The lowest BCUT2D eigenvalue weighted by molar-refractivity contribution is -0.115. The topological polar surface area (TPSA) is 73.2 Å². The first kappa shape index (κ1) is 21.6. The summed E-state index contributed by atoms with van der Waals surface area (Å²) in [6.07, 6.45) is 0. The van der Waals surface area contributed by atoms with E-state index >= 15 is 0 Å². The third-order valence-corrected chi connectivity index (χ3v) is 5.71. The lowest BCUT2D eigenvalue weighted by atomic mass is 10.2. The van der Waals surface area contributed by atoms with Gasteiger partial charge in [-0.25, -0.2) is 4.98 Å². The van der Waals surface area contributed by atoms with Crippen molar-refractivity contribution >= 4 is 57.5 Å². The van der Waals surface area contributed by atoms with Gasteiger partial charge in [0.25, 0.3) is 5.56 Å². The summed E-state index contributed by atoms with van der Waals surface area (Å²) >= 11 is 13.2. The Morgan fingerprint density at radius 2 is 2.00 bits per heavy atom.